The number of fused-ring (bicyclic) bond motifs is 3. The maximum absolute atomic E-state index is 13.8. The van der Waals surface area contributed by atoms with Gasteiger partial charge in [0.25, 0.3) is 11.4 Å². The second kappa shape index (κ2) is 39.2. The first-order chi connectivity index (χ1) is 57.4. The molecular weight excluding hydrogens is 1750 g/mol. The van der Waals surface area contributed by atoms with Gasteiger partial charge >= 0.3 is 18.3 Å². The van der Waals surface area contributed by atoms with Crippen LogP contribution in [0.25, 0.3) is 33.5 Å². The van der Waals surface area contributed by atoms with Crippen molar-refractivity contribution in [2.45, 2.75) is 343 Å². The summed E-state index contributed by atoms with van der Waals surface area (Å²) in [7, 11) is -6.04. The van der Waals surface area contributed by atoms with E-state index in [9.17, 15) is 39.4 Å². The van der Waals surface area contributed by atoms with Gasteiger partial charge in [-0.15, -0.1) is 0 Å². The minimum Gasteiger partial charge on any atom is -0.444 e. The summed E-state index contributed by atoms with van der Waals surface area (Å²) in [5.74, 6) is 6.30. The van der Waals surface area contributed by atoms with Crippen LogP contribution in [0.15, 0.2) is 80.3 Å². The number of halogens is 1. The standard InChI is InChI=1S/C36H49N5O7Si.C29H41IN6O6Si.C22H37N5O4Si/c1-11-29-30(48-49(9,10)36(6,7)8)21-31(46-29)40-23-38-32-27(18-19-37-33(32)40)39(34(43)47-35(3,4)5)22-26-17-16-25(20-28(26)41(44)45)15-13-12-14-24(2)42;1-10-21-22(42-43(8,9)29(5,6)7)14-23(40-21)35-17-33-24-25(31-16-32-26(24)35)34(27(37)41-28(2,3)4)15-18-11-12-19(30)13-20(18)36(38)39;1-10-14-15(31-32(8,9)22(5,6)7)11-16(29-14)27-13-25-17-18(23-12-24-19(17)27)26-20(28)30-21(2,3)4/h16-20,23,29-31H,11-12,14,21-22H2,1-10H3;11-13,16-17,21-23H,10,14-15H2,1-9H3;12-16H,10-11H2,1-9H3,(H,23,24,26,28)/t29-,30?,31-;21-,22?,23-;14-,15?,16-/m111/s1. The first kappa shape index (κ1) is 98.9. The highest BCUT2D eigenvalue weighted by Gasteiger charge is 2.49. The van der Waals surface area contributed by atoms with E-state index >= 15 is 0 Å². The van der Waals surface area contributed by atoms with Gasteiger partial charge in [-0.2, -0.15) is 0 Å². The molecular formula is C87H127IN16O17Si3. The molecule has 11 rings (SSSR count). The molecule has 3 aliphatic rings. The van der Waals surface area contributed by atoms with Gasteiger partial charge in [-0.25, -0.2) is 54.3 Å². The number of rotatable bonds is 23. The predicted octanol–water partition coefficient (Wildman–Crippen LogP) is 20.7. The maximum atomic E-state index is 13.8. The van der Waals surface area contributed by atoms with E-state index in [0.29, 0.717) is 85.4 Å². The van der Waals surface area contributed by atoms with Gasteiger partial charge < -0.3 is 41.7 Å². The van der Waals surface area contributed by atoms with Crippen molar-refractivity contribution in [2.75, 3.05) is 15.1 Å². The van der Waals surface area contributed by atoms with Gasteiger partial charge in [0.05, 0.1) is 84.2 Å². The summed E-state index contributed by atoms with van der Waals surface area (Å²) in [4.78, 5) is 112. The molecule has 1 N–H and O–H groups in total. The van der Waals surface area contributed by atoms with Gasteiger partial charge in [0, 0.05) is 70.7 Å². The molecule has 3 saturated heterocycles. The molecule has 9 heterocycles. The molecule has 0 bridgehead atoms. The summed E-state index contributed by atoms with van der Waals surface area (Å²) < 4.78 is 62.8. The quantitative estimate of drug-likeness (QED) is 0.0155. The molecule has 124 heavy (non-hydrogen) atoms. The summed E-state index contributed by atoms with van der Waals surface area (Å²) in [6.45, 7) is 56.9. The Bertz CT molecular complexity index is 5220. The van der Waals surface area contributed by atoms with Crippen molar-refractivity contribution in [3.63, 3.8) is 0 Å². The second-order valence-corrected chi connectivity index (χ2v) is 54.7. The number of aromatic nitrogens is 11. The molecule has 676 valence electrons. The summed E-state index contributed by atoms with van der Waals surface area (Å²) in [6.07, 6.45) is 11.1. The lowest BCUT2D eigenvalue weighted by atomic mass is 10.1. The van der Waals surface area contributed by atoms with E-state index < -0.39 is 69.9 Å². The Morgan fingerprint density at radius 1 is 0.532 bits per heavy atom. The average Bonchev–Trinajstić information content (AvgIpc) is 1.60. The van der Waals surface area contributed by atoms with Crippen LogP contribution in [-0.4, -0.2) is 166 Å². The summed E-state index contributed by atoms with van der Waals surface area (Å²) in [6, 6.07) is 11.1. The van der Waals surface area contributed by atoms with Gasteiger partial charge in [0.2, 0.25) is 0 Å². The summed E-state index contributed by atoms with van der Waals surface area (Å²) in [5.41, 5.74) is 1.73. The number of hydrogen-bond donors (Lipinski definition) is 1. The third-order valence-corrected chi connectivity index (χ3v) is 37.2. The second-order valence-electron chi connectivity index (χ2n) is 39.2. The monoisotopic (exact) mass is 1880 g/mol. The van der Waals surface area contributed by atoms with Gasteiger partial charge in [-0.1, -0.05) is 94.9 Å². The number of ketones is 1. The molecule has 0 radical (unpaired) electrons. The van der Waals surface area contributed by atoms with Crippen molar-refractivity contribution in [2.24, 2.45) is 0 Å². The van der Waals surface area contributed by atoms with E-state index in [4.69, 9.17) is 41.7 Å². The topological polar surface area (TPSA) is 374 Å². The Balaban J connectivity index is 0.000000215. The van der Waals surface area contributed by atoms with Crippen molar-refractivity contribution in [1.29, 1.82) is 0 Å². The van der Waals surface area contributed by atoms with Crippen LogP contribution in [0.5, 0.6) is 0 Å². The Hall–Kier alpha value is -8.86. The van der Waals surface area contributed by atoms with Gasteiger partial charge in [-0.3, -0.25) is 53.8 Å². The Morgan fingerprint density at radius 3 is 1.37 bits per heavy atom. The molecule has 33 nitrogen and oxygen atoms in total. The van der Waals surface area contributed by atoms with Crippen LogP contribution in [0.2, 0.25) is 54.4 Å². The number of nitrogens with one attached hydrogen (secondary N) is 1. The van der Waals surface area contributed by atoms with Crippen LogP contribution in [-0.2, 0) is 59.6 Å². The fourth-order valence-electron chi connectivity index (χ4n) is 13.5. The van der Waals surface area contributed by atoms with Crippen molar-refractivity contribution < 1.29 is 70.7 Å². The number of imidazole rings is 3. The van der Waals surface area contributed by atoms with Crippen LogP contribution in [0.3, 0.4) is 0 Å². The zero-order valence-corrected chi connectivity index (χ0v) is 82.5. The minimum atomic E-state index is -2.07. The van der Waals surface area contributed by atoms with Crippen molar-refractivity contribution >= 4 is 134 Å². The van der Waals surface area contributed by atoms with Crippen LogP contribution in [0, 0.1) is 35.6 Å². The number of nitro groups is 2. The Labute approximate surface area is 744 Å². The van der Waals surface area contributed by atoms with E-state index in [1.165, 1.54) is 41.5 Å². The number of carbonyl (C=O) groups is 4. The zero-order valence-electron chi connectivity index (χ0n) is 77.3. The molecule has 37 heteroatoms. The predicted molar refractivity (Wildman–Crippen MR) is 491 cm³/mol. The number of ether oxygens (including phenoxy) is 6. The SMILES string of the molecule is CC[C@H]1O[C@@H](n2cnc3c(N(Cc4ccc(C#CCCC(C)=O)cc4[N+](=O)[O-])C(=O)OC(C)(C)C)ccnc32)CC1O[Si](C)(C)C(C)(C)C.CC[C@H]1O[C@@H](n2cnc3c(N(Cc4ccc(I)cc4[N+](=O)[O-])C(=O)OC(C)(C)C)ncnc32)CC1O[Si](C)(C)C(C)(C)C.CC[C@H]1O[C@@H](n2cnc3c(NC(=O)OC(C)(C)C)ncnc32)CC1O[Si](C)(C)C(C)(C)C. The third kappa shape index (κ3) is 24.7. The van der Waals surface area contributed by atoms with Crippen molar-refractivity contribution in [1.82, 2.24) is 53.6 Å². The highest BCUT2D eigenvalue weighted by molar-refractivity contribution is 14.1. The van der Waals surface area contributed by atoms with E-state index in [-0.39, 0.29) is 112 Å². The molecule has 3 amide bonds. The Kier molecular flexibility index (Phi) is 31.2. The first-order valence-electron chi connectivity index (χ1n) is 42.3. The fraction of sp³-hybridized carbons (Fsp3) is 0.609. The molecule has 0 spiro atoms. The van der Waals surface area contributed by atoms with E-state index in [2.05, 4.69) is 179 Å². The first-order valence-corrected chi connectivity index (χ1v) is 52.1. The van der Waals surface area contributed by atoms with Gasteiger partial charge in [-0.05, 0) is 196 Å². The highest BCUT2D eigenvalue weighted by Crippen LogP contribution is 2.47. The fourth-order valence-corrected chi connectivity index (χ4v) is 18.1. The van der Waals surface area contributed by atoms with E-state index in [1.807, 2.05) is 36.3 Å². The number of benzene rings is 2. The molecule has 0 saturated carbocycles. The van der Waals surface area contributed by atoms with Crippen LogP contribution in [0.1, 0.15) is 239 Å². The molecule has 3 fully saturated rings. The number of carbonyl (C=O) groups excluding carboxylic acids is 4. The van der Waals surface area contributed by atoms with Crippen LogP contribution in [0.4, 0.5) is 43.1 Å². The summed E-state index contributed by atoms with van der Waals surface area (Å²) >= 11 is 2.02. The summed E-state index contributed by atoms with van der Waals surface area (Å²) in [5, 5.41) is 27.0. The number of anilines is 3. The Morgan fingerprint density at radius 2 is 0.935 bits per heavy atom. The van der Waals surface area contributed by atoms with Crippen LogP contribution >= 0.6 is 22.6 Å². The molecule has 3 aliphatic heterocycles. The van der Waals surface area contributed by atoms with Crippen molar-refractivity contribution in [3.8, 4) is 11.8 Å². The zero-order chi connectivity index (χ0) is 92.1. The molecule has 2 aromatic carbocycles. The number of nitrogens with zero attached hydrogens (tertiary/aromatic N) is 15. The number of Topliss-reactive ketones (excluding diaryl/α,β-unsaturated/α-hetero) is 1. The molecule has 8 aromatic rings. The number of nitro benzene ring substituents is 2. The van der Waals surface area contributed by atoms with Gasteiger partial charge in [0.15, 0.2) is 64.6 Å². The molecule has 3 unspecified atom stereocenters. The van der Waals surface area contributed by atoms with Crippen molar-refractivity contribution in [3.05, 3.63) is 121 Å². The highest BCUT2D eigenvalue weighted by atomic mass is 127. The minimum absolute atomic E-state index is 0.00720. The molecule has 9 atom stereocenters. The number of amides is 3. The normalized spacial score (nSPS) is 19.7. The largest absolute Gasteiger partial charge is 0.444 e. The lowest BCUT2D eigenvalue weighted by Gasteiger charge is -2.39. The smallest absolute Gasteiger partial charge is 0.416 e. The van der Waals surface area contributed by atoms with E-state index in [1.54, 1.807) is 118 Å². The van der Waals surface area contributed by atoms with E-state index in [0.717, 1.165) is 25.7 Å². The average molecular weight is 1880 g/mol. The lowest BCUT2D eigenvalue weighted by Crippen LogP contribution is -2.45. The third-order valence-electron chi connectivity index (χ3n) is 23.0. The molecule has 6 aromatic heterocycles. The van der Waals surface area contributed by atoms with Gasteiger partial charge in [0.1, 0.15) is 59.4 Å². The number of hydrogen-bond acceptors (Lipinski definition) is 25. The number of pyridine rings is 1. The maximum Gasteiger partial charge on any atom is 0.416 e. The lowest BCUT2D eigenvalue weighted by molar-refractivity contribution is -0.385. The molecule has 0 aliphatic carbocycles. The van der Waals surface area contributed by atoms with Crippen LogP contribution < -0.4 is 15.1 Å².